The summed E-state index contributed by atoms with van der Waals surface area (Å²) in [5.41, 5.74) is 9.26. The van der Waals surface area contributed by atoms with Gasteiger partial charge in [0.15, 0.2) is 5.13 Å². The van der Waals surface area contributed by atoms with E-state index < -0.39 is 0 Å². The molecule has 34 heavy (non-hydrogen) atoms. The third-order valence-corrected chi connectivity index (χ3v) is 6.65. The third kappa shape index (κ3) is 4.81. The molecule has 0 fully saturated rings. The lowest BCUT2D eigenvalue weighted by Gasteiger charge is -2.12. The smallest absolute Gasteiger partial charge is 0.183 e. The highest BCUT2D eigenvalue weighted by Crippen LogP contribution is 2.40. The van der Waals surface area contributed by atoms with E-state index in [0.717, 1.165) is 26.8 Å². The molecule has 0 amide bonds. The Morgan fingerprint density at radius 1 is 0.941 bits per heavy atom. The predicted octanol–water partition coefficient (Wildman–Crippen LogP) is 6.29. The van der Waals surface area contributed by atoms with Gasteiger partial charge in [-0.15, -0.1) is 0 Å². The summed E-state index contributed by atoms with van der Waals surface area (Å²) < 4.78 is 27.9. The van der Waals surface area contributed by atoms with Gasteiger partial charge in [0.1, 0.15) is 11.6 Å². The highest BCUT2D eigenvalue weighted by Gasteiger charge is 2.18. The molecule has 5 rings (SSSR count). The van der Waals surface area contributed by atoms with E-state index in [9.17, 15) is 8.78 Å². The molecule has 3 N–H and O–H groups in total. The van der Waals surface area contributed by atoms with Crippen LogP contribution < -0.4 is 11.1 Å². The number of benzene rings is 3. The van der Waals surface area contributed by atoms with Gasteiger partial charge in [-0.2, -0.15) is 0 Å². The van der Waals surface area contributed by atoms with Gasteiger partial charge < -0.3 is 11.1 Å². The number of hydrogen-bond donors (Lipinski definition) is 2. The molecule has 0 radical (unpaired) electrons. The lowest BCUT2D eigenvalue weighted by molar-refractivity contribution is 0.625. The molecular weight excluding hydrogens is 450 g/mol. The number of pyridine rings is 1. The number of nitrogens with two attached hydrogens (primary N) is 1. The van der Waals surface area contributed by atoms with Crippen LogP contribution in [-0.4, -0.2) is 22.6 Å². The number of nitrogens with zero attached hydrogens (tertiary/aromatic N) is 2. The van der Waals surface area contributed by atoms with Crippen molar-refractivity contribution >= 4 is 27.2 Å². The molecule has 3 aromatic carbocycles. The molecule has 0 bridgehead atoms. The molecule has 0 spiro atoms. The van der Waals surface area contributed by atoms with Crippen LogP contribution in [0.25, 0.3) is 32.5 Å². The zero-order valence-corrected chi connectivity index (χ0v) is 19.0. The van der Waals surface area contributed by atoms with Crippen molar-refractivity contribution in [3.63, 3.8) is 0 Å². The average molecular weight is 473 g/mol. The summed E-state index contributed by atoms with van der Waals surface area (Å²) in [6.07, 6.45) is 4.18. The summed E-state index contributed by atoms with van der Waals surface area (Å²) in [6, 6.07) is 20.8. The first-order valence-corrected chi connectivity index (χ1v) is 11.7. The number of rotatable bonds is 7. The standard InChI is InChI=1S/C27H22F2N4S/c28-21-9-5-17(6-10-21)13-22(30)16-32-27-33-25(23-3-1-2-4-24(23)29)26(34-27)19-7-8-20-15-31-12-11-18(20)14-19/h1-12,14-15,22H,13,16,30H2,(H,32,33). The number of anilines is 1. The van der Waals surface area contributed by atoms with E-state index in [1.165, 1.54) is 29.5 Å². The minimum atomic E-state index is -0.321. The largest absolute Gasteiger partial charge is 0.360 e. The van der Waals surface area contributed by atoms with Crippen LogP contribution >= 0.6 is 11.3 Å². The Kier molecular flexibility index (Phi) is 6.29. The maximum absolute atomic E-state index is 14.7. The molecule has 0 aliphatic carbocycles. The summed E-state index contributed by atoms with van der Waals surface area (Å²) in [5.74, 6) is -0.588. The van der Waals surface area contributed by atoms with Crippen LogP contribution in [0.5, 0.6) is 0 Å². The Morgan fingerprint density at radius 3 is 2.59 bits per heavy atom. The van der Waals surface area contributed by atoms with Crippen molar-refractivity contribution in [2.45, 2.75) is 12.5 Å². The Morgan fingerprint density at radius 2 is 1.76 bits per heavy atom. The second-order valence-corrected chi connectivity index (χ2v) is 9.08. The fourth-order valence-electron chi connectivity index (χ4n) is 3.87. The first kappa shape index (κ1) is 22.1. The van der Waals surface area contributed by atoms with Crippen molar-refractivity contribution in [1.29, 1.82) is 0 Å². The molecule has 0 saturated carbocycles. The van der Waals surface area contributed by atoms with Crippen molar-refractivity contribution in [2.24, 2.45) is 5.73 Å². The van der Waals surface area contributed by atoms with Crippen LogP contribution in [0.3, 0.4) is 0 Å². The molecule has 2 heterocycles. The first-order chi connectivity index (χ1) is 16.6. The number of aromatic nitrogens is 2. The molecular formula is C27H22F2N4S. The molecule has 0 saturated heterocycles. The van der Waals surface area contributed by atoms with E-state index in [1.807, 2.05) is 24.4 Å². The van der Waals surface area contributed by atoms with Crippen molar-refractivity contribution < 1.29 is 8.78 Å². The van der Waals surface area contributed by atoms with Gasteiger partial charge >= 0.3 is 0 Å². The third-order valence-electron chi connectivity index (χ3n) is 5.59. The lowest BCUT2D eigenvalue weighted by atomic mass is 10.0. The van der Waals surface area contributed by atoms with Crippen LogP contribution in [0.15, 0.2) is 85.2 Å². The minimum Gasteiger partial charge on any atom is -0.360 e. The molecule has 1 atom stereocenters. The minimum absolute atomic E-state index is 0.192. The second kappa shape index (κ2) is 9.67. The van der Waals surface area contributed by atoms with Gasteiger partial charge in [0.25, 0.3) is 0 Å². The van der Waals surface area contributed by atoms with Crippen LogP contribution in [0, 0.1) is 11.6 Å². The lowest BCUT2D eigenvalue weighted by Crippen LogP contribution is -2.31. The number of halogens is 2. The highest BCUT2D eigenvalue weighted by molar-refractivity contribution is 7.19. The highest BCUT2D eigenvalue weighted by atomic mass is 32.1. The Balaban J connectivity index is 1.44. The van der Waals surface area contributed by atoms with Gasteiger partial charge in [-0.05, 0) is 59.3 Å². The molecule has 5 aromatic rings. The monoisotopic (exact) mass is 472 g/mol. The van der Waals surface area contributed by atoms with Gasteiger partial charge in [0.2, 0.25) is 0 Å². The van der Waals surface area contributed by atoms with Crippen LogP contribution in [0.1, 0.15) is 5.56 Å². The summed E-state index contributed by atoms with van der Waals surface area (Å²) in [4.78, 5) is 9.78. The zero-order chi connectivity index (χ0) is 23.5. The Bertz CT molecular complexity index is 1430. The van der Waals surface area contributed by atoms with E-state index in [-0.39, 0.29) is 17.7 Å². The van der Waals surface area contributed by atoms with Gasteiger partial charge in [-0.25, -0.2) is 13.8 Å². The van der Waals surface area contributed by atoms with Crippen molar-refractivity contribution in [2.75, 3.05) is 11.9 Å². The number of nitrogens with one attached hydrogen (secondary N) is 1. The predicted molar refractivity (Wildman–Crippen MR) is 135 cm³/mol. The van der Waals surface area contributed by atoms with Gasteiger partial charge in [0, 0.05) is 35.9 Å². The van der Waals surface area contributed by atoms with Gasteiger partial charge in [-0.3, -0.25) is 4.98 Å². The SMILES string of the molecule is NC(CNc1nc(-c2ccccc2F)c(-c2ccc3cnccc3c2)s1)Cc1ccc(F)cc1. The zero-order valence-electron chi connectivity index (χ0n) is 18.2. The van der Waals surface area contributed by atoms with Gasteiger partial charge in [-0.1, -0.05) is 47.7 Å². The second-order valence-electron chi connectivity index (χ2n) is 8.09. The fourth-order valence-corrected chi connectivity index (χ4v) is 4.85. The normalized spacial score (nSPS) is 12.1. The van der Waals surface area contributed by atoms with Crippen LogP contribution in [0.2, 0.25) is 0 Å². The first-order valence-electron chi connectivity index (χ1n) is 10.9. The van der Waals surface area contributed by atoms with Crippen molar-refractivity contribution in [1.82, 2.24) is 9.97 Å². The summed E-state index contributed by atoms with van der Waals surface area (Å²) >= 11 is 1.47. The average Bonchev–Trinajstić information content (AvgIpc) is 3.28. The summed E-state index contributed by atoms with van der Waals surface area (Å²) in [7, 11) is 0. The topological polar surface area (TPSA) is 63.8 Å². The van der Waals surface area contributed by atoms with E-state index in [0.29, 0.717) is 29.4 Å². The van der Waals surface area contributed by atoms with E-state index in [4.69, 9.17) is 10.7 Å². The maximum atomic E-state index is 14.7. The Labute approximate surface area is 200 Å². The van der Waals surface area contributed by atoms with Gasteiger partial charge in [0.05, 0.1) is 10.6 Å². The molecule has 0 aliphatic rings. The maximum Gasteiger partial charge on any atom is 0.183 e. The van der Waals surface area contributed by atoms with Crippen molar-refractivity contribution in [3.8, 4) is 21.7 Å². The van der Waals surface area contributed by atoms with E-state index >= 15 is 0 Å². The van der Waals surface area contributed by atoms with E-state index in [2.05, 4.69) is 16.4 Å². The number of thiazole rings is 1. The quantitative estimate of drug-likeness (QED) is 0.292. The number of hydrogen-bond acceptors (Lipinski definition) is 5. The summed E-state index contributed by atoms with van der Waals surface area (Å²) in [5, 5.41) is 6.06. The molecule has 2 aromatic heterocycles. The molecule has 0 aliphatic heterocycles. The van der Waals surface area contributed by atoms with Crippen LogP contribution in [0.4, 0.5) is 13.9 Å². The number of fused-ring (bicyclic) bond motifs is 1. The van der Waals surface area contributed by atoms with Crippen molar-refractivity contribution in [3.05, 3.63) is 102 Å². The summed E-state index contributed by atoms with van der Waals surface area (Å²) in [6.45, 7) is 0.477. The van der Waals surface area contributed by atoms with E-state index in [1.54, 1.807) is 36.5 Å². The Hall–Kier alpha value is -3.68. The van der Waals surface area contributed by atoms with Crippen LogP contribution in [-0.2, 0) is 6.42 Å². The molecule has 7 heteroatoms. The molecule has 1 unspecified atom stereocenters. The fraction of sp³-hybridized carbons (Fsp3) is 0.111. The molecule has 170 valence electrons. The molecule has 4 nitrogen and oxygen atoms in total.